The fourth-order valence-corrected chi connectivity index (χ4v) is 2.91. The van der Waals surface area contributed by atoms with Gasteiger partial charge in [-0.2, -0.15) is 0 Å². The maximum absolute atomic E-state index is 9.50. The van der Waals surface area contributed by atoms with Crippen LogP contribution in [-0.2, 0) is 6.61 Å². The van der Waals surface area contributed by atoms with E-state index >= 15 is 0 Å². The molecule has 0 saturated heterocycles. The van der Waals surface area contributed by atoms with E-state index in [0.29, 0.717) is 18.4 Å². The average molecular weight is 316 g/mol. The Labute approximate surface area is 134 Å². The monoisotopic (exact) mass is 315 g/mol. The molecular weight excluding hydrogens is 298 g/mol. The fraction of sp³-hybridized carbons (Fsp3) is 0.222. The van der Waals surface area contributed by atoms with Crippen LogP contribution in [0.4, 0.5) is 0 Å². The summed E-state index contributed by atoms with van der Waals surface area (Å²) < 4.78 is 7.99. The Morgan fingerprint density at radius 2 is 1.95 bits per heavy atom. The summed E-state index contributed by atoms with van der Waals surface area (Å²) in [5, 5.41) is 11.3. The first-order valence-corrected chi connectivity index (χ1v) is 7.64. The highest BCUT2D eigenvalue weighted by Crippen LogP contribution is 2.31. The first kappa shape index (κ1) is 14.8. The molecule has 1 N–H and O–H groups in total. The number of hydrogen-bond donors (Lipinski definition) is 1. The summed E-state index contributed by atoms with van der Waals surface area (Å²) in [4.78, 5) is 0. The van der Waals surface area contributed by atoms with Crippen molar-refractivity contribution in [3.63, 3.8) is 0 Å². The average Bonchev–Trinajstić information content (AvgIpc) is 2.86. The lowest BCUT2D eigenvalue weighted by atomic mass is 10.2. The SMILES string of the molecule is CC(C)n1cc(COc2cccc(O)c2)c2c(Cl)cccc21. The molecule has 1 heterocycles. The number of ether oxygens (including phenoxy) is 1. The van der Waals surface area contributed by atoms with Gasteiger partial charge in [-0.05, 0) is 38.1 Å². The molecule has 114 valence electrons. The summed E-state index contributed by atoms with van der Waals surface area (Å²) in [6, 6.07) is 13.1. The molecule has 2 aromatic carbocycles. The van der Waals surface area contributed by atoms with Gasteiger partial charge in [0.1, 0.15) is 18.1 Å². The Kier molecular flexibility index (Phi) is 3.99. The molecule has 0 fully saturated rings. The van der Waals surface area contributed by atoms with Crippen molar-refractivity contribution in [3.8, 4) is 11.5 Å². The molecule has 0 aliphatic carbocycles. The molecule has 0 amide bonds. The van der Waals surface area contributed by atoms with Crippen molar-refractivity contribution in [1.29, 1.82) is 0 Å². The second-order valence-electron chi connectivity index (χ2n) is 5.58. The molecule has 0 saturated carbocycles. The summed E-state index contributed by atoms with van der Waals surface area (Å²) in [5.41, 5.74) is 2.15. The molecule has 22 heavy (non-hydrogen) atoms. The molecule has 0 spiro atoms. The summed E-state index contributed by atoms with van der Waals surface area (Å²) in [5.74, 6) is 0.831. The Morgan fingerprint density at radius 3 is 2.68 bits per heavy atom. The van der Waals surface area contributed by atoms with Crippen LogP contribution in [0.15, 0.2) is 48.7 Å². The van der Waals surface area contributed by atoms with Crippen molar-refractivity contribution in [2.75, 3.05) is 0 Å². The number of rotatable bonds is 4. The summed E-state index contributed by atoms with van der Waals surface area (Å²) in [6.07, 6.45) is 2.09. The number of halogens is 1. The minimum Gasteiger partial charge on any atom is -0.508 e. The maximum Gasteiger partial charge on any atom is 0.123 e. The van der Waals surface area contributed by atoms with E-state index in [4.69, 9.17) is 16.3 Å². The van der Waals surface area contributed by atoms with Crippen molar-refractivity contribution in [3.05, 3.63) is 59.2 Å². The van der Waals surface area contributed by atoms with E-state index in [1.165, 1.54) is 0 Å². The minimum absolute atomic E-state index is 0.195. The molecule has 1 aromatic heterocycles. The van der Waals surface area contributed by atoms with Crippen molar-refractivity contribution >= 4 is 22.5 Å². The van der Waals surface area contributed by atoms with E-state index in [2.05, 4.69) is 30.7 Å². The van der Waals surface area contributed by atoms with E-state index in [1.807, 2.05) is 18.2 Å². The van der Waals surface area contributed by atoms with Crippen LogP contribution in [0.25, 0.3) is 10.9 Å². The van der Waals surface area contributed by atoms with Crippen molar-refractivity contribution in [1.82, 2.24) is 4.57 Å². The Bertz CT molecular complexity index is 808. The molecule has 0 atom stereocenters. The van der Waals surface area contributed by atoms with Gasteiger partial charge in [-0.1, -0.05) is 23.7 Å². The van der Waals surface area contributed by atoms with Gasteiger partial charge in [0.2, 0.25) is 0 Å². The fourth-order valence-electron chi connectivity index (χ4n) is 2.62. The molecule has 3 aromatic rings. The molecule has 0 aliphatic heterocycles. The molecule has 4 heteroatoms. The van der Waals surface area contributed by atoms with Gasteiger partial charge in [-0.3, -0.25) is 0 Å². The lowest BCUT2D eigenvalue weighted by Crippen LogP contribution is -1.98. The normalized spacial score (nSPS) is 11.3. The number of fused-ring (bicyclic) bond motifs is 1. The Hall–Kier alpha value is -2.13. The van der Waals surface area contributed by atoms with Gasteiger partial charge in [0.25, 0.3) is 0 Å². The number of nitrogens with zero attached hydrogens (tertiary/aromatic N) is 1. The lowest BCUT2D eigenvalue weighted by molar-refractivity contribution is 0.305. The molecule has 3 nitrogen and oxygen atoms in total. The molecular formula is C18H18ClNO2. The Morgan fingerprint density at radius 1 is 1.18 bits per heavy atom. The maximum atomic E-state index is 9.50. The predicted molar refractivity (Wildman–Crippen MR) is 89.8 cm³/mol. The summed E-state index contributed by atoms with van der Waals surface area (Å²) >= 11 is 6.38. The van der Waals surface area contributed by atoms with Crippen LogP contribution in [0, 0.1) is 0 Å². The second kappa shape index (κ2) is 5.93. The number of aromatic nitrogens is 1. The van der Waals surface area contributed by atoms with E-state index in [0.717, 1.165) is 21.5 Å². The van der Waals surface area contributed by atoms with Crippen LogP contribution in [-0.4, -0.2) is 9.67 Å². The van der Waals surface area contributed by atoms with Gasteiger partial charge < -0.3 is 14.4 Å². The molecule has 3 rings (SSSR count). The zero-order valence-corrected chi connectivity index (χ0v) is 13.3. The van der Waals surface area contributed by atoms with Gasteiger partial charge in [-0.25, -0.2) is 0 Å². The van der Waals surface area contributed by atoms with Gasteiger partial charge in [0.15, 0.2) is 0 Å². The zero-order chi connectivity index (χ0) is 15.7. The van der Waals surface area contributed by atoms with Crippen LogP contribution in [0.1, 0.15) is 25.5 Å². The summed E-state index contributed by atoms with van der Waals surface area (Å²) in [7, 11) is 0. The first-order chi connectivity index (χ1) is 10.6. The second-order valence-corrected chi connectivity index (χ2v) is 5.98. The van der Waals surface area contributed by atoms with Crippen LogP contribution < -0.4 is 4.74 Å². The van der Waals surface area contributed by atoms with Crippen molar-refractivity contribution in [2.24, 2.45) is 0 Å². The quantitative estimate of drug-likeness (QED) is 0.721. The predicted octanol–water partition coefficient (Wildman–Crippen LogP) is 5.16. The third kappa shape index (κ3) is 2.77. The van der Waals surface area contributed by atoms with Gasteiger partial charge in [-0.15, -0.1) is 0 Å². The molecule has 0 bridgehead atoms. The van der Waals surface area contributed by atoms with Crippen molar-refractivity contribution < 1.29 is 9.84 Å². The number of aromatic hydroxyl groups is 1. The summed E-state index contributed by atoms with van der Waals surface area (Å²) in [6.45, 7) is 4.68. The highest BCUT2D eigenvalue weighted by Gasteiger charge is 2.13. The molecule has 0 unspecified atom stereocenters. The van der Waals surface area contributed by atoms with Gasteiger partial charge in [0.05, 0.1) is 10.5 Å². The van der Waals surface area contributed by atoms with E-state index in [1.54, 1.807) is 18.2 Å². The largest absolute Gasteiger partial charge is 0.508 e. The lowest BCUT2D eigenvalue weighted by Gasteiger charge is -2.08. The Balaban J connectivity index is 1.96. The number of phenolic OH excluding ortho intramolecular Hbond substituents is 1. The van der Waals surface area contributed by atoms with E-state index < -0.39 is 0 Å². The van der Waals surface area contributed by atoms with Crippen LogP contribution in [0.3, 0.4) is 0 Å². The van der Waals surface area contributed by atoms with Crippen LogP contribution in [0.2, 0.25) is 5.02 Å². The van der Waals surface area contributed by atoms with E-state index in [9.17, 15) is 5.11 Å². The van der Waals surface area contributed by atoms with Gasteiger partial charge in [0, 0.05) is 29.3 Å². The molecule has 0 aliphatic rings. The number of hydrogen-bond acceptors (Lipinski definition) is 2. The van der Waals surface area contributed by atoms with Gasteiger partial charge >= 0.3 is 0 Å². The number of benzene rings is 2. The number of phenols is 1. The smallest absolute Gasteiger partial charge is 0.123 e. The third-order valence-electron chi connectivity index (χ3n) is 3.65. The highest BCUT2D eigenvalue weighted by atomic mass is 35.5. The third-order valence-corrected chi connectivity index (χ3v) is 3.97. The molecule has 0 radical (unpaired) electrons. The topological polar surface area (TPSA) is 34.4 Å². The van der Waals surface area contributed by atoms with Crippen LogP contribution in [0.5, 0.6) is 11.5 Å². The first-order valence-electron chi connectivity index (χ1n) is 7.26. The van der Waals surface area contributed by atoms with Crippen LogP contribution >= 0.6 is 11.6 Å². The zero-order valence-electron chi connectivity index (χ0n) is 12.6. The highest BCUT2D eigenvalue weighted by molar-refractivity contribution is 6.35. The standard InChI is InChI=1S/C18H18ClNO2/c1-12(2)20-10-13(18-16(19)7-4-8-17(18)20)11-22-15-6-3-5-14(21)9-15/h3-10,12,21H,11H2,1-2H3. The van der Waals surface area contributed by atoms with Crippen molar-refractivity contribution in [2.45, 2.75) is 26.5 Å². The van der Waals surface area contributed by atoms with E-state index in [-0.39, 0.29) is 5.75 Å². The minimum atomic E-state index is 0.195.